The van der Waals surface area contributed by atoms with Crippen molar-refractivity contribution < 1.29 is 12.8 Å². The Labute approximate surface area is 182 Å². The minimum absolute atomic E-state index is 0.000726. The summed E-state index contributed by atoms with van der Waals surface area (Å²) in [6.07, 6.45) is 5.04. The average molecular weight is 441 g/mol. The average Bonchev–Trinajstić information content (AvgIpc) is 3.05. The number of rotatable bonds is 6. The highest BCUT2D eigenvalue weighted by atomic mass is 32.2. The molecule has 1 fully saturated rings. The van der Waals surface area contributed by atoms with Crippen molar-refractivity contribution >= 4 is 16.4 Å². The first-order chi connectivity index (χ1) is 14.6. The van der Waals surface area contributed by atoms with Gasteiger partial charge in [-0.2, -0.15) is 13.5 Å². The predicted octanol–water partition coefficient (Wildman–Crippen LogP) is 4.20. The normalized spacial score (nSPS) is 20.2. The number of halogens is 1. The molecular formula is C23H25FN4O2S. The first kappa shape index (κ1) is 21.2. The van der Waals surface area contributed by atoms with Crippen molar-refractivity contribution in [3.05, 3.63) is 77.9 Å². The van der Waals surface area contributed by atoms with Crippen LogP contribution in [0.25, 0.3) is 5.69 Å². The molecule has 2 atom stereocenters. The lowest BCUT2D eigenvalue weighted by Crippen LogP contribution is -2.10. The van der Waals surface area contributed by atoms with E-state index in [1.54, 1.807) is 41.9 Å². The molecule has 3 aromatic rings. The largest absolute Gasteiger partial charge is 0.368 e. The van der Waals surface area contributed by atoms with Crippen molar-refractivity contribution in [2.75, 3.05) is 14.1 Å². The van der Waals surface area contributed by atoms with Gasteiger partial charge in [0, 0.05) is 26.2 Å². The Balaban J connectivity index is 1.56. The second-order valence-electron chi connectivity index (χ2n) is 8.70. The summed E-state index contributed by atoms with van der Waals surface area (Å²) >= 11 is 0. The van der Waals surface area contributed by atoms with Crippen LogP contribution in [0.5, 0.6) is 0 Å². The van der Waals surface area contributed by atoms with Crippen LogP contribution in [0.15, 0.2) is 70.2 Å². The van der Waals surface area contributed by atoms with E-state index in [1.807, 2.05) is 30.6 Å². The van der Waals surface area contributed by atoms with Crippen LogP contribution in [-0.2, 0) is 10.0 Å². The summed E-state index contributed by atoms with van der Waals surface area (Å²) in [4.78, 5) is 1.75. The monoisotopic (exact) mass is 440 g/mol. The number of hydrogen-bond donors (Lipinski definition) is 0. The Hall–Kier alpha value is -3.00. The molecular weight excluding hydrogens is 415 g/mol. The van der Waals surface area contributed by atoms with E-state index in [0.717, 1.165) is 11.1 Å². The molecule has 31 heavy (non-hydrogen) atoms. The molecule has 2 aromatic carbocycles. The molecule has 162 valence electrons. The van der Waals surface area contributed by atoms with Gasteiger partial charge in [0.15, 0.2) is 0 Å². The van der Waals surface area contributed by atoms with Crippen LogP contribution >= 0.6 is 0 Å². The highest BCUT2D eigenvalue weighted by Gasteiger charge is 2.59. The molecule has 0 amide bonds. The third-order valence-electron chi connectivity index (χ3n) is 5.82. The van der Waals surface area contributed by atoms with Crippen LogP contribution in [0, 0.1) is 11.2 Å². The Morgan fingerprint density at radius 2 is 1.77 bits per heavy atom. The van der Waals surface area contributed by atoms with Gasteiger partial charge in [0.25, 0.3) is 10.0 Å². The number of aromatic nitrogens is 2. The van der Waals surface area contributed by atoms with Crippen LogP contribution in [0.1, 0.15) is 36.8 Å². The molecule has 0 saturated heterocycles. The molecule has 0 N–H and O–H groups in total. The zero-order valence-corrected chi connectivity index (χ0v) is 18.7. The van der Waals surface area contributed by atoms with Crippen molar-refractivity contribution in [2.24, 2.45) is 9.81 Å². The molecule has 0 bridgehead atoms. The molecule has 0 unspecified atom stereocenters. The fourth-order valence-corrected chi connectivity index (χ4v) is 5.12. The number of hydrogen-bond acceptors (Lipinski definition) is 3. The van der Waals surface area contributed by atoms with Gasteiger partial charge in [-0.3, -0.25) is 0 Å². The summed E-state index contributed by atoms with van der Waals surface area (Å²) in [5.41, 5.74) is 2.82. The van der Waals surface area contributed by atoms with Gasteiger partial charge in [0.2, 0.25) is 0 Å². The van der Waals surface area contributed by atoms with Crippen LogP contribution in [0.3, 0.4) is 0 Å². The summed E-state index contributed by atoms with van der Waals surface area (Å²) in [6.45, 7) is 4.38. The summed E-state index contributed by atoms with van der Waals surface area (Å²) in [5.74, 6) is 0.174. The SMILES string of the molecule is CN(C)C=NS(=O)(=O)c1ccc([C@@H]2[C@@H](c3cnn(-c4cccc(F)c4)c3)C2(C)C)cc1. The van der Waals surface area contributed by atoms with Crippen molar-refractivity contribution in [3.63, 3.8) is 0 Å². The molecule has 0 aliphatic heterocycles. The van der Waals surface area contributed by atoms with E-state index in [0.29, 0.717) is 5.69 Å². The van der Waals surface area contributed by atoms with E-state index in [4.69, 9.17) is 0 Å². The fourth-order valence-electron chi connectivity index (χ4n) is 4.20. The Kier molecular flexibility index (Phi) is 5.21. The van der Waals surface area contributed by atoms with Gasteiger partial charge in [-0.25, -0.2) is 9.07 Å². The van der Waals surface area contributed by atoms with E-state index in [9.17, 15) is 12.8 Å². The van der Waals surface area contributed by atoms with E-state index in [2.05, 4.69) is 23.3 Å². The summed E-state index contributed by atoms with van der Waals surface area (Å²) in [7, 11) is -0.287. The molecule has 0 radical (unpaired) electrons. The van der Waals surface area contributed by atoms with Gasteiger partial charge in [-0.1, -0.05) is 32.0 Å². The lowest BCUT2D eigenvalue weighted by molar-refractivity contribution is 0.594. The second kappa shape index (κ2) is 7.60. The van der Waals surface area contributed by atoms with Crippen LogP contribution < -0.4 is 0 Å². The number of benzene rings is 2. The van der Waals surface area contributed by atoms with Crippen LogP contribution in [0.4, 0.5) is 4.39 Å². The van der Waals surface area contributed by atoms with Crippen molar-refractivity contribution in [1.29, 1.82) is 0 Å². The first-order valence-corrected chi connectivity index (χ1v) is 11.4. The van der Waals surface area contributed by atoms with Gasteiger partial charge in [0.05, 0.1) is 16.8 Å². The highest BCUT2D eigenvalue weighted by Crippen LogP contribution is 2.69. The van der Waals surface area contributed by atoms with Gasteiger partial charge in [0.1, 0.15) is 12.2 Å². The number of sulfonamides is 1. The lowest BCUT2D eigenvalue weighted by Gasteiger charge is -2.06. The Morgan fingerprint density at radius 1 is 1.10 bits per heavy atom. The predicted molar refractivity (Wildman–Crippen MR) is 119 cm³/mol. The quantitative estimate of drug-likeness (QED) is 0.426. The Bertz CT molecular complexity index is 1230. The van der Waals surface area contributed by atoms with Gasteiger partial charge >= 0.3 is 0 Å². The standard InChI is InChI=1S/C23H25FN4O2S/c1-23(2)21(16-8-10-20(11-9-16)31(29,30)26-15-27(3)4)22(23)17-13-25-28(14-17)19-7-5-6-18(24)12-19/h5-15,21-22H,1-4H3/t21-,22-/m1/s1. The second-order valence-corrected chi connectivity index (χ2v) is 10.3. The highest BCUT2D eigenvalue weighted by molar-refractivity contribution is 7.90. The maximum absolute atomic E-state index is 13.5. The molecule has 1 aromatic heterocycles. The third kappa shape index (κ3) is 4.12. The minimum atomic E-state index is -3.72. The van der Waals surface area contributed by atoms with Crippen molar-refractivity contribution in [3.8, 4) is 5.69 Å². The molecule has 4 rings (SSSR count). The molecule has 0 spiro atoms. The zero-order chi connectivity index (χ0) is 22.4. The van der Waals surface area contributed by atoms with Crippen LogP contribution in [-0.4, -0.2) is 43.5 Å². The molecule has 8 heteroatoms. The lowest BCUT2D eigenvalue weighted by atomic mass is 10.0. The number of nitrogens with zero attached hydrogens (tertiary/aromatic N) is 4. The summed E-state index contributed by atoms with van der Waals surface area (Å²) < 4.78 is 43.6. The fraction of sp³-hybridized carbons (Fsp3) is 0.304. The Morgan fingerprint density at radius 3 is 2.42 bits per heavy atom. The smallest absolute Gasteiger partial charge is 0.283 e. The first-order valence-electron chi connectivity index (χ1n) is 9.97. The minimum Gasteiger partial charge on any atom is -0.368 e. The molecule has 1 aliphatic carbocycles. The molecule has 6 nitrogen and oxygen atoms in total. The summed E-state index contributed by atoms with van der Waals surface area (Å²) in [6, 6.07) is 13.3. The molecule has 1 saturated carbocycles. The van der Waals surface area contributed by atoms with Crippen molar-refractivity contribution in [1.82, 2.24) is 14.7 Å². The maximum atomic E-state index is 13.5. The van der Waals surface area contributed by atoms with Crippen molar-refractivity contribution in [2.45, 2.75) is 30.6 Å². The molecule has 1 heterocycles. The van der Waals surface area contributed by atoms with E-state index in [1.165, 1.54) is 18.5 Å². The third-order valence-corrected chi connectivity index (χ3v) is 7.06. The van der Waals surface area contributed by atoms with Gasteiger partial charge < -0.3 is 4.90 Å². The van der Waals surface area contributed by atoms with Gasteiger partial charge in [-0.05, 0) is 52.8 Å². The van der Waals surface area contributed by atoms with Gasteiger partial charge in [-0.15, -0.1) is 4.40 Å². The molecule has 1 aliphatic rings. The maximum Gasteiger partial charge on any atom is 0.283 e. The van der Waals surface area contributed by atoms with Crippen LogP contribution in [0.2, 0.25) is 0 Å². The zero-order valence-electron chi connectivity index (χ0n) is 17.9. The van der Waals surface area contributed by atoms with E-state index >= 15 is 0 Å². The van der Waals surface area contributed by atoms with E-state index < -0.39 is 10.0 Å². The topological polar surface area (TPSA) is 67.6 Å². The summed E-state index contributed by atoms with van der Waals surface area (Å²) in [5, 5.41) is 4.41. The van der Waals surface area contributed by atoms with E-state index in [-0.39, 0.29) is 28.0 Å².